The van der Waals surface area contributed by atoms with Gasteiger partial charge in [-0.15, -0.1) is 24.8 Å². The Labute approximate surface area is 111 Å². The van der Waals surface area contributed by atoms with Crippen molar-refractivity contribution in [3.05, 3.63) is 22.3 Å². The van der Waals surface area contributed by atoms with Crippen molar-refractivity contribution in [2.75, 3.05) is 24.7 Å². The summed E-state index contributed by atoms with van der Waals surface area (Å²) in [5.74, 6) is 0. The highest BCUT2D eigenvalue weighted by atomic mass is 35.5. The molecule has 2 N–H and O–H groups in total. The molecule has 0 aliphatic rings. The molecule has 16 heavy (non-hydrogen) atoms. The first-order chi connectivity index (χ1) is 6.37. The molecule has 1 rings (SSSR count). The van der Waals surface area contributed by atoms with Gasteiger partial charge in [-0.25, -0.2) is 0 Å². The number of hydrogen-bond donors (Lipinski definition) is 1. The van der Waals surface area contributed by atoms with Crippen LogP contribution in [-0.4, -0.2) is 14.1 Å². The number of nitrogens with zero attached hydrogens (tertiary/aromatic N) is 1. The Balaban J connectivity index is 0. The van der Waals surface area contributed by atoms with E-state index in [-0.39, 0.29) is 24.8 Å². The number of benzene rings is 1. The van der Waals surface area contributed by atoms with Gasteiger partial charge in [-0.05, 0) is 49.9 Å². The Morgan fingerprint density at radius 1 is 0.750 bits per heavy atom. The van der Waals surface area contributed by atoms with Gasteiger partial charge >= 0.3 is 0 Å². The van der Waals surface area contributed by atoms with Crippen LogP contribution in [0.5, 0.6) is 0 Å². The molecular weight excluding hydrogens is 243 g/mol. The third-order valence-corrected chi connectivity index (χ3v) is 3.09. The van der Waals surface area contributed by atoms with Crippen LogP contribution in [0.2, 0.25) is 0 Å². The van der Waals surface area contributed by atoms with Gasteiger partial charge in [0.25, 0.3) is 0 Å². The normalized spacial score (nSPS) is 9.12. The summed E-state index contributed by atoms with van der Waals surface area (Å²) in [6.45, 7) is 8.44. The van der Waals surface area contributed by atoms with Crippen LogP contribution in [0.15, 0.2) is 0 Å². The van der Waals surface area contributed by atoms with Crippen LogP contribution in [0, 0.1) is 27.7 Å². The van der Waals surface area contributed by atoms with Gasteiger partial charge in [0.2, 0.25) is 0 Å². The van der Waals surface area contributed by atoms with E-state index in [2.05, 4.69) is 46.7 Å². The molecule has 0 aliphatic heterocycles. The molecule has 0 fully saturated rings. The number of anilines is 2. The van der Waals surface area contributed by atoms with Crippen LogP contribution in [-0.2, 0) is 0 Å². The van der Waals surface area contributed by atoms with E-state index in [9.17, 15) is 0 Å². The van der Waals surface area contributed by atoms with Crippen LogP contribution >= 0.6 is 24.8 Å². The molecule has 94 valence electrons. The quantitative estimate of drug-likeness (QED) is 0.788. The largest absolute Gasteiger partial charge is 0.398 e. The van der Waals surface area contributed by atoms with Gasteiger partial charge in [0, 0.05) is 25.5 Å². The van der Waals surface area contributed by atoms with E-state index in [1.165, 1.54) is 27.9 Å². The highest BCUT2D eigenvalue weighted by Crippen LogP contribution is 2.33. The first-order valence-electron chi connectivity index (χ1n) is 4.91. The van der Waals surface area contributed by atoms with Crippen molar-refractivity contribution in [1.82, 2.24) is 0 Å². The summed E-state index contributed by atoms with van der Waals surface area (Å²) in [7, 11) is 4.15. The van der Waals surface area contributed by atoms with Crippen molar-refractivity contribution >= 4 is 36.2 Å². The molecule has 1 aromatic rings. The molecule has 1 aromatic carbocycles. The molecule has 0 bridgehead atoms. The van der Waals surface area contributed by atoms with E-state index in [0.29, 0.717) is 0 Å². The molecule has 0 amide bonds. The van der Waals surface area contributed by atoms with Crippen LogP contribution in [0.4, 0.5) is 11.4 Å². The smallest absolute Gasteiger partial charge is 0.0427 e. The average molecular weight is 265 g/mol. The lowest BCUT2D eigenvalue weighted by Crippen LogP contribution is -2.14. The monoisotopic (exact) mass is 264 g/mol. The maximum atomic E-state index is 6.03. The van der Waals surface area contributed by atoms with Crippen molar-refractivity contribution in [1.29, 1.82) is 0 Å². The first-order valence-corrected chi connectivity index (χ1v) is 4.91. The lowest BCUT2D eigenvalue weighted by molar-refractivity contribution is 1.08. The summed E-state index contributed by atoms with van der Waals surface area (Å²) >= 11 is 0. The molecule has 0 saturated heterocycles. The molecule has 0 saturated carbocycles. The van der Waals surface area contributed by atoms with Crippen LogP contribution in [0.3, 0.4) is 0 Å². The molecule has 0 heterocycles. The number of hydrogen-bond acceptors (Lipinski definition) is 2. The van der Waals surface area contributed by atoms with Crippen LogP contribution < -0.4 is 10.6 Å². The molecular formula is C12H22Cl2N2. The van der Waals surface area contributed by atoms with E-state index >= 15 is 0 Å². The third-order valence-electron chi connectivity index (χ3n) is 3.09. The van der Waals surface area contributed by atoms with Crippen LogP contribution in [0.1, 0.15) is 22.3 Å². The topological polar surface area (TPSA) is 29.3 Å². The zero-order valence-corrected chi connectivity index (χ0v) is 12.5. The minimum absolute atomic E-state index is 0. The summed E-state index contributed by atoms with van der Waals surface area (Å²) in [5, 5.41) is 0. The Morgan fingerprint density at radius 3 is 1.31 bits per heavy atom. The van der Waals surface area contributed by atoms with Gasteiger partial charge in [-0.2, -0.15) is 0 Å². The maximum Gasteiger partial charge on any atom is 0.0427 e. The molecule has 0 radical (unpaired) electrons. The Hall–Kier alpha value is -0.600. The summed E-state index contributed by atoms with van der Waals surface area (Å²) in [5.41, 5.74) is 13.3. The van der Waals surface area contributed by atoms with Gasteiger partial charge < -0.3 is 10.6 Å². The van der Waals surface area contributed by atoms with Gasteiger partial charge in [0.05, 0.1) is 0 Å². The number of halogens is 2. The Kier molecular flexibility index (Phi) is 6.91. The molecule has 0 atom stereocenters. The standard InChI is InChI=1S/C12H20N2.2ClH/c1-7-9(3)12(14(5)6)10(4)8(2)11(7)13;;/h13H2,1-6H3;2*1H. The molecule has 0 spiro atoms. The molecule has 0 aliphatic carbocycles. The van der Waals surface area contributed by atoms with Crippen molar-refractivity contribution < 1.29 is 0 Å². The highest BCUT2D eigenvalue weighted by molar-refractivity contribution is 5.85. The fourth-order valence-electron chi connectivity index (χ4n) is 1.99. The molecule has 4 heteroatoms. The molecule has 0 aromatic heterocycles. The second-order valence-corrected chi connectivity index (χ2v) is 4.16. The van der Waals surface area contributed by atoms with Crippen LogP contribution in [0.25, 0.3) is 0 Å². The average Bonchev–Trinajstić information content (AvgIpc) is 2.11. The lowest BCUT2D eigenvalue weighted by Gasteiger charge is -2.23. The van der Waals surface area contributed by atoms with Crippen molar-refractivity contribution in [2.24, 2.45) is 0 Å². The van der Waals surface area contributed by atoms with Gasteiger partial charge in [-0.1, -0.05) is 0 Å². The highest BCUT2D eigenvalue weighted by Gasteiger charge is 2.13. The van der Waals surface area contributed by atoms with Gasteiger partial charge in [-0.3, -0.25) is 0 Å². The maximum absolute atomic E-state index is 6.03. The number of nitrogens with two attached hydrogens (primary N) is 1. The van der Waals surface area contributed by atoms with Crippen molar-refractivity contribution in [3.8, 4) is 0 Å². The predicted molar refractivity (Wildman–Crippen MR) is 78.6 cm³/mol. The third kappa shape index (κ3) is 2.74. The minimum atomic E-state index is 0. The van der Waals surface area contributed by atoms with Gasteiger partial charge in [0.1, 0.15) is 0 Å². The SMILES string of the molecule is Cc1c(C)c(N(C)C)c(C)c(C)c1N.Cl.Cl. The first kappa shape index (κ1) is 17.8. The molecule has 2 nitrogen and oxygen atoms in total. The van der Waals surface area contributed by atoms with E-state index in [1.54, 1.807) is 0 Å². The van der Waals surface area contributed by atoms with Gasteiger partial charge in [0.15, 0.2) is 0 Å². The number of rotatable bonds is 1. The predicted octanol–water partition coefficient (Wildman–Crippen LogP) is 3.41. The zero-order chi connectivity index (χ0) is 11.0. The van der Waals surface area contributed by atoms with E-state index in [1.807, 2.05) is 0 Å². The summed E-state index contributed by atoms with van der Waals surface area (Å²) in [6.07, 6.45) is 0. The lowest BCUT2D eigenvalue weighted by atomic mass is 9.96. The van der Waals surface area contributed by atoms with Crippen molar-refractivity contribution in [3.63, 3.8) is 0 Å². The summed E-state index contributed by atoms with van der Waals surface area (Å²) in [4.78, 5) is 2.16. The summed E-state index contributed by atoms with van der Waals surface area (Å²) in [6, 6.07) is 0. The second-order valence-electron chi connectivity index (χ2n) is 4.16. The van der Waals surface area contributed by atoms with E-state index in [4.69, 9.17) is 5.73 Å². The second kappa shape index (κ2) is 6.21. The Bertz CT molecular complexity index is 345. The van der Waals surface area contributed by atoms with Crippen molar-refractivity contribution in [2.45, 2.75) is 27.7 Å². The fraction of sp³-hybridized carbons (Fsp3) is 0.500. The molecule has 0 unspecified atom stereocenters. The van der Waals surface area contributed by atoms with E-state index in [0.717, 1.165) is 5.69 Å². The minimum Gasteiger partial charge on any atom is -0.398 e. The summed E-state index contributed by atoms with van der Waals surface area (Å²) < 4.78 is 0. The zero-order valence-electron chi connectivity index (χ0n) is 10.8. The number of nitrogen functional groups attached to an aromatic ring is 1. The van der Waals surface area contributed by atoms with E-state index < -0.39 is 0 Å². The Morgan fingerprint density at radius 2 is 1.06 bits per heavy atom. The fourth-order valence-corrected chi connectivity index (χ4v) is 1.99.